The van der Waals surface area contributed by atoms with Gasteiger partial charge in [-0.25, -0.2) is 0 Å². The summed E-state index contributed by atoms with van der Waals surface area (Å²) in [6.07, 6.45) is 7.24. The lowest BCUT2D eigenvalue weighted by Gasteiger charge is -2.32. The van der Waals surface area contributed by atoms with E-state index >= 15 is 0 Å². The van der Waals surface area contributed by atoms with Gasteiger partial charge in [-0.05, 0) is 18.9 Å². The number of rotatable bonds is 3. The van der Waals surface area contributed by atoms with Crippen molar-refractivity contribution in [2.24, 2.45) is 0 Å². The molecule has 1 aromatic heterocycles. The van der Waals surface area contributed by atoms with E-state index in [9.17, 15) is 15.0 Å². The summed E-state index contributed by atoms with van der Waals surface area (Å²) in [5, 5.41) is 22.4. The van der Waals surface area contributed by atoms with Gasteiger partial charge in [-0.1, -0.05) is 19.3 Å². The molecule has 1 amide bonds. The molecule has 18 heavy (non-hydrogen) atoms. The molecule has 0 spiro atoms. The summed E-state index contributed by atoms with van der Waals surface area (Å²) >= 11 is 0. The van der Waals surface area contributed by atoms with Crippen LogP contribution in [-0.2, 0) is 0 Å². The first-order valence-corrected chi connectivity index (χ1v) is 6.24. The van der Waals surface area contributed by atoms with E-state index in [2.05, 4.69) is 10.3 Å². The van der Waals surface area contributed by atoms with Gasteiger partial charge in [0.1, 0.15) is 5.75 Å². The minimum atomic E-state index is -0.795. The van der Waals surface area contributed by atoms with Gasteiger partial charge in [0.15, 0.2) is 0 Å². The molecule has 0 bridgehead atoms. The molecule has 0 radical (unpaired) electrons. The van der Waals surface area contributed by atoms with Crippen molar-refractivity contribution in [3.8, 4) is 5.75 Å². The Morgan fingerprint density at radius 1 is 1.39 bits per heavy atom. The molecule has 2 rings (SSSR count). The number of nitrogens with one attached hydrogen (secondary N) is 1. The Hall–Kier alpha value is -1.62. The topological polar surface area (TPSA) is 82.5 Å². The van der Waals surface area contributed by atoms with Gasteiger partial charge in [0.2, 0.25) is 0 Å². The fraction of sp³-hybridized carbons (Fsp3) is 0.538. The van der Waals surface area contributed by atoms with Gasteiger partial charge in [0, 0.05) is 12.7 Å². The number of carbonyl (C=O) groups is 1. The molecule has 0 aromatic carbocycles. The van der Waals surface area contributed by atoms with E-state index in [0.29, 0.717) is 0 Å². The largest absolute Gasteiger partial charge is 0.505 e. The van der Waals surface area contributed by atoms with Crippen LogP contribution in [0, 0.1) is 0 Å². The fourth-order valence-electron chi connectivity index (χ4n) is 2.30. The molecule has 98 valence electrons. The number of hydrogen-bond acceptors (Lipinski definition) is 4. The molecule has 5 heteroatoms. The van der Waals surface area contributed by atoms with Gasteiger partial charge < -0.3 is 15.5 Å². The van der Waals surface area contributed by atoms with Gasteiger partial charge in [0.25, 0.3) is 5.91 Å². The summed E-state index contributed by atoms with van der Waals surface area (Å²) in [4.78, 5) is 15.6. The van der Waals surface area contributed by atoms with Crippen molar-refractivity contribution in [1.82, 2.24) is 10.3 Å². The Morgan fingerprint density at radius 3 is 2.78 bits per heavy atom. The average molecular weight is 250 g/mol. The molecule has 3 N–H and O–H groups in total. The van der Waals surface area contributed by atoms with Crippen LogP contribution in [0.3, 0.4) is 0 Å². The van der Waals surface area contributed by atoms with Crippen LogP contribution in [0.15, 0.2) is 18.5 Å². The Bertz CT molecular complexity index is 428. The highest BCUT2D eigenvalue weighted by Gasteiger charge is 2.29. The zero-order valence-electron chi connectivity index (χ0n) is 10.2. The van der Waals surface area contributed by atoms with Crippen molar-refractivity contribution >= 4 is 5.91 Å². The van der Waals surface area contributed by atoms with Gasteiger partial charge in [-0.3, -0.25) is 9.78 Å². The summed E-state index contributed by atoms with van der Waals surface area (Å²) in [6, 6.07) is 1.45. The second-order valence-corrected chi connectivity index (χ2v) is 4.86. The summed E-state index contributed by atoms with van der Waals surface area (Å²) in [7, 11) is 0. The lowest BCUT2D eigenvalue weighted by molar-refractivity contribution is 0.00523. The van der Waals surface area contributed by atoms with Crippen LogP contribution in [0.1, 0.15) is 42.5 Å². The molecule has 0 atom stereocenters. The van der Waals surface area contributed by atoms with Crippen molar-refractivity contribution in [3.63, 3.8) is 0 Å². The fourth-order valence-corrected chi connectivity index (χ4v) is 2.30. The van der Waals surface area contributed by atoms with Crippen LogP contribution in [0.4, 0.5) is 0 Å². The number of hydrogen-bond donors (Lipinski definition) is 3. The second kappa shape index (κ2) is 5.35. The highest BCUT2D eigenvalue weighted by molar-refractivity contribution is 5.96. The van der Waals surface area contributed by atoms with E-state index in [4.69, 9.17) is 0 Å². The standard InChI is InChI=1S/C13H18N2O3/c16-11-8-14-7-4-10(11)12(17)15-9-13(18)5-2-1-3-6-13/h4,7-8,16,18H,1-3,5-6,9H2,(H,15,17). The number of amides is 1. The molecule has 1 saturated carbocycles. The van der Waals surface area contributed by atoms with Gasteiger partial charge >= 0.3 is 0 Å². The number of aliphatic hydroxyl groups is 1. The van der Waals surface area contributed by atoms with Crippen LogP contribution < -0.4 is 5.32 Å². The normalized spacial score (nSPS) is 18.3. The van der Waals surface area contributed by atoms with Crippen molar-refractivity contribution in [2.75, 3.05) is 6.54 Å². The SMILES string of the molecule is O=C(NCC1(O)CCCCC1)c1ccncc1O. The van der Waals surface area contributed by atoms with Crippen LogP contribution in [-0.4, -0.2) is 33.3 Å². The molecule has 0 aliphatic heterocycles. The molecule has 0 unspecified atom stereocenters. The third-order valence-electron chi connectivity index (χ3n) is 3.41. The van der Waals surface area contributed by atoms with E-state index in [1.807, 2.05) is 0 Å². The number of nitrogens with zero attached hydrogens (tertiary/aromatic N) is 1. The van der Waals surface area contributed by atoms with Crippen molar-refractivity contribution in [1.29, 1.82) is 0 Å². The predicted octanol–water partition coefficient (Wildman–Crippen LogP) is 1.21. The number of aromatic hydroxyl groups is 1. The summed E-state index contributed by atoms with van der Waals surface area (Å²) in [5.74, 6) is -0.528. The van der Waals surface area contributed by atoms with Crippen molar-refractivity contribution in [3.05, 3.63) is 24.0 Å². The third kappa shape index (κ3) is 2.98. The first-order chi connectivity index (χ1) is 8.61. The number of aromatic nitrogens is 1. The second-order valence-electron chi connectivity index (χ2n) is 4.86. The Kier molecular flexibility index (Phi) is 3.81. The molecular formula is C13H18N2O3. The van der Waals surface area contributed by atoms with Crippen LogP contribution in [0.5, 0.6) is 5.75 Å². The molecule has 0 saturated heterocycles. The Labute approximate surface area is 106 Å². The van der Waals surface area contributed by atoms with Crippen LogP contribution in [0.25, 0.3) is 0 Å². The summed E-state index contributed by atoms with van der Waals surface area (Å²) in [5.41, 5.74) is -0.610. The first-order valence-electron chi connectivity index (χ1n) is 6.24. The zero-order chi connectivity index (χ0) is 13.0. The zero-order valence-corrected chi connectivity index (χ0v) is 10.2. The monoisotopic (exact) mass is 250 g/mol. The van der Waals surface area contributed by atoms with Crippen molar-refractivity contribution < 1.29 is 15.0 Å². The quantitative estimate of drug-likeness (QED) is 0.753. The van der Waals surface area contributed by atoms with E-state index in [0.717, 1.165) is 32.1 Å². The molecular weight excluding hydrogens is 232 g/mol. The summed E-state index contributed by atoms with van der Waals surface area (Å²) in [6.45, 7) is 0.230. The Morgan fingerprint density at radius 2 is 2.11 bits per heavy atom. The highest BCUT2D eigenvalue weighted by atomic mass is 16.3. The minimum absolute atomic E-state index is 0.148. The summed E-state index contributed by atoms with van der Waals surface area (Å²) < 4.78 is 0. The highest BCUT2D eigenvalue weighted by Crippen LogP contribution is 2.27. The molecule has 1 heterocycles. The Balaban J connectivity index is 1.94. The van der Waals surface area contributed by atoms with E-state index in [-0.39, 0.29) is 23.8 Å². The maximum absolute atomic E-state index is 11.8. The van der Waals surface area contributed by atoms with E-state index < -0.39 is 5.60 Å². The number of carbonyl (C=O) groups excluding carboxylic acids is 1. The minimum Gasteiger partial charge on any atom is -0.505 e. The van der Waals surface area contributed by atoms with E-state index in [1.54, 1.807) is 0 Å². The van der Waals surface area contributed by atoms with Crippen LogP contribution in [0.2, 0.25) is 0 Å². The first kappa shape index (κ1) is 12.8. The van der Waals surface area contributed by atoms with Gasteiger partial charge in [0.05, 0.1) is 17.4 Å². The predicted molar refractivity (Wildman–Crippen MR) is 66.3 cm³/mol. The lowest BCUT2D eigenvalue weighted by atomic mass is 9.85. The van der Waals surface area contributed by atoms with Gasteiger partial charge in [-0.2, -0.15) is 0 Å². The molecule has 1 aromatic rings. The average Bonchev–Trinajstić information content (AvgIpc) is 2.38. The molecule has 1 aliphatic carbocycles. The van der Waals surface area contributed by atoms with Crippen LogP contribution >= 0.6 is 0 Å². The number of pyridine rings is 1. The van der Waals surface area contributed by atoms with Gasteiger partial charge in [-0.15, -0.1) is 0 Å². The molecule has 1 aliphatic rings. The van der Waals surface area contributed by atoms with E-state index in [1.165, 1.54) is 18.5 Å². The lowest BCUT2D eigenvalue weighted by Crippen LogP contribution is -2.44. The molecule has 5 nitrogen and oxygen atoms in total. The van der Waals surface area contributed by atoms with Crippen molar-refractivity contribution in [2.45, 2.75) is 37.7 Å². The smallest absolute Gasteiger partial charge is 0.255 e. The maximum atomic E-state index is 11.8. The molecule has 1 fully saturated rings. The maximum Gasteiger partial charge on any atom is 0.255 e. The third-order valence-corrected chi connectivity index (χ3v) is 3.41.